The normalized spacial score (nSPS) is 16.4. The molecule has 0 saturated carbocycles. The topological polar surface area (TPSA) is 123 Å². The SMILES string of the molecule is COc1ccccc1NC(=O)[C@@H](C)OC(=O)CN=C1NS(=O)(=O)c2ccccc21. The van der Waals surface area contributed by atoms with Crippen LogP contribution in [0.4, 0.5) is 5.69 Å². The first-order valence-corrected chi connectivity index (χ1v) is 10.1. The van der Waals surface area contributed by atoms with Gasteiger partial charge in [-0.05, 0) is 31.2 Å². The van der Waals surface area contributed by atoms with Gasteiger partial charge in [-0.3, -0.25) is 19.3 Å². The summed E-state index contributed by atoms with van der Waals surface area (Å²) in [6.07, 6.45) is -1.08. The lowest BCUT2D eigenvalue weighted by molar-refractivity contribution is -0.151. The number of carbonyl (C=O) groups is 2. The molecule has 0 aliphatic carbocycles. The van der Waals surface area contributed by atoms with Gasteiger partial charge >= 0.3 is 5.97 Å². The Hall–Kier alpha value is -3.40. The molecular weight excluding hydrogens is 398 g/mol. The Morgan fingerprint density at radius 2 is 1.83 bits per heavy atom. The van der Waals surface area contributed by atoms with Crippen molar-refractivity contribution in [3.63, 3.8) is 0 Å². The quantitative estimate of drug-likeness (QED) is 0.683. The van der Waals surface area contributed by atoms with Crippen LogP contribution < -0.4 is 14.8 Å². The molecule has 1 atom stereocenters. The second kappa shape index (κ2) is 8.31. The van der Waals surface area contributed by atoms with E-state index in [1.165, 1.54) is 20.1 Å². The van der Waals surface area contributed by atoms with E-state index in [1.54, 1.807) is 42.5 Å². The lowest BCUT2D eigenvalue weighted by Crippen LogP contribution is -2.31. The smallest absolute Gasteiger partial charge is 0.328 e. The first kappa shape index (κ1) is 20.3. The Morgan fingerprint density at radius 3 is 2.59 bits per heavy atom. The van der Waals surface area contributed by atoms with Crippen LogP contribution in [0.1, 0.15) is 12.5 Å². The second-order valence-corrected chi connectivity index (χ2v) is 7.74. The fourth-order valence-corrected chi connectivity index (χ4v) is 3.92. The molecule has 10 heteroatoms. The monoisotopic (exact) mass is 417 g/mol. The van der Waals surface area contributed by atoms with Crippen molar-refractivity contribution >= 4 is 33.4 Å². The summed E-state index contributed by atoms with van der Waals surface area (Å²) in [6, 6.07) is 13.1. The molecule has 0 aromatic heterocycles. The highest BCUT2D eigenvalue weighted by Gasteiger charge is 2.30. The van der Waals surface area contributed by atoms with E-state index in [9.17, 15) is 18.0 Å². The van der Waals surface area contributed by atoms with Crippen molar-refractivity contribution in [1.82, 2.24) is 4.72 Å². The molecule has 0 saturated heterocycles. The zero-order chi connectivity index (χ0) is 21.0. The molecule has 1 aliphatic heterocycles. The zero-order valence-corrected chi connectivity index (χ0v) is 16.5. The van der Waals surface area contributed by atoms with Gasteiger partial charge in [0.2, 0.25) is 0 Å². The van der Waals surface area contributed by atoms with Crippen LogP contribution in [-0.2, 0) is 24.3 Å². The van der Waals surface area contributed by atoms with Crippen molar-refractivity contribution in [3.8, 4) is 5.75 Å². The van der Waals surface area contributed by atoms with Crippen LogP contribution in [0.3, 0.4) is 0 Å². The molecule has 2 N–H and O–H groups in total. The van der Waals surface area contributed by atoms with Crippen molar-refractivity contribution in [2.75, 3.05) is 19.0 Å². The third kappa shape index (κ3) is 4.54. The van der Waals surface area contributed by atoms with Gasteiger partial charge in [-0.1, -0.05) is 24.3 Å². The minimum Gasteiger partial charge on any atom is -0.495 e. The van der Waals surface area contributed by atoms with Crippen LogP contribution in [0.15, 0.2) is 58.4 Å². The average molecular weight is 417 g/mol. The van der Waals surface area contributed by atoms with Gasteiger partial charge in [0, 0.05) is 5.56 Å². The molecule has 2 aromatic rings. The highest BCUT2D eigenvalue weighted by atomic mass is 32.2. The third-order valence-electron chi connectivity index (χ3n) is 4.07. The number of aliphatic imine (C=N–C) groups is 1. The predicted molar refractivity (Wildman–Crippen MR) is 105 cm³/mol. The number of nitrogens with zero attached hydrogens (tertiary/aromatic N) is 1. The summed E-state index contributed by atoms with van der Waals surface area (Å²) in [5.41, 5.74) is 0.822. The molecule has 1 aliphatic rings. The fraction of sp³-hybridized carbons (Fsp3) is 0.211. The number of anilines is 1. The van der Waals surface area contributed by atoms with E-state index in [2.05, 4.69) is 15.0 Å². The van der Waals surface area contributed by atoms with Crippen molar-refractivity contribution in [2.45, 2.75) is 17.9 Å². The van der Waals surface area contributed by atoms with E-state index in [1.807, 2.05) is 0 Å². The number of benzene rings is 2. The second-order valence-electron chi connectivity index (χ2n) is 6.09. The van der Waals surface area contributed by atoms with Gasteiger partial charge < -0.3 is 14.8 Å². The van der Waals surface area contributed by atoms with Crippen LogP contribution in [-0.4, -0.2) is 45.9 Å². The number of sulfonamides is 1. The van der Waals surface area contributed by atoms with Crippen LogP contribution in [0.5, 0.6) is 5.75 Å². The summed E-state index contributed by atoms with van der Waals surface area (Å²) in [4.78, 5) is 28.4. The molecule has 1 heterocycles. The number of rotatable bonds is 6. The number of nitrogens with one attached hydrogen (secondary N) is 2. The number of methoxy groups -OCH3 is 1. The summed E-state index contributed by atoms with van der Waals surface area (Å²) in [5.74, 6) is -0.784. The van der Waals surface area contributed by atoms with Gasteiger partial charge in [0.05, 0.1) is 17.7 Å². The van der Waals surface area contributed by atoms with E-state index >= 15 is 0 Å². The number of ether oxygens (including phenoxy) is 2. The summed E-state index contributed by atoms with van der Waals surface area (Å²) >= 11 is 0. The van der Waals surface area contributed by atoms with Crippen molar-refractivity contribution in [3.05, 3.63) is 54.1 Å². The average Bonchev–Trinajstić information content (AvgIpc) is 2.97. The Morgan fingerprint density at radius 1 is 1.14 bits per heavy atom. The van der Waals surface area contributed by atoms with Crippen molar-refractivity contribution in [2.24, 2.45) is 4.99 Å². The first-order chi connectivity index (χ1) is 13.8. The molecule has 0 radical (unpaired) electrons. The number of esters is 1. The van der Waals surface area contributed by atoms with Gasteiger partial charge in [0.25, 0.3) is 15.9 Å². The minimum atomic E-state index is -3.69. The van der Waals surface area contributed by atoms with Crippen molar-refractivity contribution < 1.29 is 27.5 Å². The zero-order valence-electron chi connectivity index (χ0n) is 15.7. The highest BCUT2D eigenvalue weighted by molar-refractivity contribution is 7.90. The third-order valence-corrected chi connectivity index (χ3v) is 5.47. The maximum Gasteiger partial charge on any atom is 0.328 e. The Bertz CT molecular complexity index is 1080. The minimum absolute atomic E-state index is 0.0590. The van der Waals surface area contributed by atoms with E-state index in [-0.39, 0.29) is 10.7 Å². The lowest BCUT2D eigenvalue weighted by Gasteiger charge is -2.14. The van der Waals surface area contributed by atoms with Crippen LogP contribution in [0.2, 0.25) is 0 Å². The molecular formula is C19H19N3O6S. The van der Waals surface area contributed by atoms with E-state index < -0.39 is 34.5 Å². The molecule has 0 spiro atoms. The van der Waals surface area contributed by atoms with Gasteiger partial charge in [0.15, 0.2) is 6.10 Å². The lowest BCUT2D eigenvalue weighted by atomic mass is 10.2. The van der Waals surface area contributed by atoms with Crippen molar-refractivity contribution in [1.29, 1.82) is 0 Å². The molecule has 0 fully saturated rings. The Kier molecular flexibility index (Phi) is 5.83. The number of amides is 1. The number of hydrogen-bond donors (Lipinski definition) is 2. The summed E-state index contributed by atoms with van der Waals surface area (Å²) in [7, 11) is -2.21. The van der Waals surface area contributed by atoms with Gasteiger partial charge in [-0.25, -0.2) is 8.42 Å². The van der Waals surface area contributed by atoms with Crippen LogP contribution in [0.25, 0.3) is 0 Å². The molecule has 152 valence electrons. The van der Waals surface area contributed by atoms with Gasteiger partial charge in [-0.2, -0.15) is 0 Å². The standard InChI is InChI=1S/C19H19N3O6S/c1-12(19(24)21-14-8-4-5-9-15(14)27-2)28-17(23)11-20-18-13-7-3-6-10-16(13)29(25,26)22-18/h3-10,12H,11H2,1-2H3,(H,20,22)(H,21,24)/t12-/m1/s1. The largest absolute Gasteiger partial charge is 0.495 e. The van der Waals surface area contributed by atoms with Crippen LogP contribution >= 0.6 is 0 Å². The Balaban J connectivity index is 1.61. The predicted octanol–water partition coefficient (Wildman–Crippen LogP) is 1.30. The number of hydrogen-bond acceptors (Lipinski definition) is 7. The Labute approximate surface area is 167 Å². The number of amidine groups is 1. The maximum atomic E-state index is 12.3. The fourth-order valence-electron chi connectivity index (χ4n) is 2.67. The molecule has 1 amide bonds. The van der Waals surface area contributed by atoms with E-state index in [4.69, 9.17) is 9.47 Å². The summed E-state index contributed by atoms with van der Waals surface area (Å²) in [5, 5.41) is 2.62. The van der Waals surface area contributed by atoms with Crippen LogP contribution in [0, 0.1) is 0 Å². The molecule has 0 bridgehead atoms. The molecule has 3 rings (SSSR count). The number of para-hydroxylation sites is 2. The van der Waals surface area contributed by atoms with Gasteiger partial charge in [0.1, 0.15) is 18.1 Å². The first-order valence-electron chi connectivity index (χ1n) is 8.62. The molecule has 9 nitrogen and oxygen atoms in total. The molecule has 2 aromatic carbocycles. The molecule has 29 heavy (non-hydrogen) atoms. The molecule has 0 unspecified atom stereocenters. The maximum absolute atomic E-state index is 12.3. The number of fused-ring (bicyclic) bond motifs is 1. The van der Waals surface area contributed by atoms with E-state index in [0.29, 0.717) is 17.0 Å². The van der Waals surface area contributed by atoms with Gasteiger partial charge in [-0.15, -0.1) is 0 Å². The summed E-state index contributed by atoms with van der Waals surface area (Å²) in [6.45, 7) is 0.974. The number of carbonyl (C=O) groups excluding carboxylic acids is 2. The highest BCUT2D eigenvalue weighted by Crippen LogP contribution is 2.23. The van der Waals surface area contributed by atoms with E-state index in [0.717, 1.165) is 0 Å². The summed E-state index contributed by atoms with van der Waals surface area (Å²) < 4.78 is 36.6.